The number of rotatable bonds is 5. The van der Waals surface area contributed by atoms with Gasteiger partial charge in [0.05, 0.1) is 16.2 Å². The molecule has 130 valence electrons. The topological polar surface area (TPSA) is 95.9 Å². The van der Waals surface area contributed by atoms with Crippen LogP contribution in [0.2, 0.25) is 0 Å². The number of esters is 1. The second kappa shape index (κ2) is 8.61. The summed E-state index contributed by atoms with van der Waals surface area (Å²) in [5.74, 6) is -0.797. The van der Waals surface area contributed by atoms with Gasteiger partial charge < -0.3 is 4.74 Å². The molecule has 0 radical (unpaired) electrons. The van der Waals surface area contributed by atoms with Gasteiger partial charge in [-0.2, -0.15) is 10.5 Å². The molecule has 1 aromatic heterocycles. The third-order valence-corrected chi connectivity index (χ3v) is 4.53. The molecule has 0 N–H and O–H groups in total. The highest BCUT2D eigenvalue weighted by Gasteiger charge is 2.16. The fourth-order valence-electron chi connectivity index (χ4n) is 2.23. The van der Waals surface area contributed by atoms with Gasteiger partial charge in [-0.05, 0) is 30.7 Å². The van der Waals surface area contributed by atoms with Gasteiger partial charge in [-0.25, -0.2) is 4.79 Å². The van der Waals surface area contributed by atoms with Gasteiger partial charge in [0.15, 0.2) is 5.57 Å². The quantitative estimate of drug-likeness (QED) is 0.582. The lowest BCUT2D eigenvalue weighted by Gasteiger charge is -2.00. The molecule has 0 aliphatic heterocycles. The highest BCUT2D eigenvalue weighted by Crippen LogP contribution is 2.04. The lowest BCUT2D eigenvalue weighted by atomic mass is 10.1. The third-order valence-electron chi connectivity index (χ3n) is 3.40. The van der Waals surface area contributed by atoms with Crippen LogP contribution in [0, 0.1) is 22.7 Å². The summed E-state index contributed by atoms with van der Waals surface area (Å²) < 4.78 is 6.89. The van der Waals surface area contributed by atoms with Crippen LogP contribution in [0.4, 0.5) is 0 Å². The number of aromatic nitrogens is 1. The van der Waals surface area contributed by atoms with Crippen molar-refractivity contribution in [2.75, 3.05) is 6.61 Å². The van der Waals surface area contributed by atoms with E-state index in [9.17, 15) is 14.9 Å². The number of carbonyl (C=O) groups excluding carboxylic acids is 1. The van der Waals surface area contributed by atoms with E-state index >= 15 is 0 Å². The van der Waals surface area contributed by atoms with Crippen LogP contribution in [-0.4, -0.2) is 17.1 Å². The maximum absolute atomic E-state index is 12.6. The molecule has 0 aliphatic rings. The van der Waals surface area contributed by atoms with E-state index in [4.69, 9.17) is 10.00 Å². The Labute approximate surface area is 153 Å². The lowest BCUT2D eigenvalue weighted by molar-refractivity contribution is -0.135. The number of nitriles is 2. The van der Waals surface area contributed by atoms with Crippen LogP contribution < -0.4 is 14.8 Å². The summed E-state index contributed by atoms with van der Waals surface area (Å²) in [4.78, 5) is 24.7. The lowest BCUT2D eigenvalue weighted by Crippen LogP contribution is -2.32. The molecule has 0 bridgehead atoms. The average Bonchev–Trinajstić information content (AvgIpc) is 2.96. The summed E-state index contributed by atoms with van der Waals surface area (Å²) in [6.07, 6.45) is 3.03. The maximum Gasteiger partial charge on any atom is 0.352 e. The zero-order valence-electron chi connectivity index (χ0n) is 14.1. The Balaban J connectivity index is 2.72. The van der Waals surface area contributed by atoms with Crippen LogP contribution in [0.5, 0.6) is 0 Å². The molecule has 26 heavy (non-hydrogen) atoms. The minimum absolute atomic E-state index is 0.0221. The summed E-state index contributed by atoms with van der Waals surface area (Å²) in [6.45, 7) is 5.49. The molecule has 7 heteroatoms. The number of nitrogens with zero attached hydrogens (tertiary/aromatic N) is 3. The van der Waals surface area contributed by atoms with Gasteiger partial charge >= 0.3 is 5.97 Å². The predicted molar refractivity (Wildman–Crippen MR) is 98.4 cm³/mol. The van der Waals surface area contributed by atoms with Gasteiger partial charge in [0, 0.05) is 6.54 Å². The van der Waals surface area contributed by atoms with Gasteiger partial charge in [0.25, 0.3) is 5.56 Å². The first-order chi connectivity index (χ1) is 12.5. The highest BCUT2D eigenvalue weighted by atomic mass is 32.1. The fourth-order valence-corrected chi connectivity index (χ4v) is 3.38. The van der Waals surface area contributed by atoms with Crippen LogP contribution in [0.1, 0.15) is 18.1 Å². The van der Waals surface area contributed by atoms with Crippen molar-refractivity contribution in [1.82, 2.24) is 4.57 Å². The second-order valence-corrected chi connectivity index (χ2v) is 6.11. The van der Waals surface area contributed by atoms with Crippen LogP contribution in [0.3, 0.4) is 0 Å². The Morgan fingerprint density at radius 3 is 2.81 bits per heavy atom. The van der Waals surface area contributed by atoms with Crippen molar-refractivity contribution in [3.05, 3.63) is 67.6 Å². The standard InChI is InChI=1S/C19H15N3O3S/c1-3-8-25-19(24)15(12-21)18-22(4-2)17(23)16(26-18)10-13-6-5-7-14(9-13)11-20/h3,5-7,9-10H,1,4,8H2,2H3/b16-10?,18-15-. The minimum Gasteiger partial charge on any atom is -0.457 e. The molecular formula is C19H15N3O3S. The molecule has 0 unspecified atom stereocenters. The Morgan fingerprint density at radius 2 is 2.19 bits per heavy atom. The number of carbonyl (C=O) groups is 1. The van der Waals surface area contributed by atoms with Crippen LogP contribution in [-0.2, 0) is 16.1 Å². The van der Waals surface area contributed by atoms with Crippen LogP contribution in [0.25, 0.3) is 11.6 Å². The van der Waals surface area contributed by atoms with Gasteiger partial charge in [0.1, 0.15) is 17.3 Å². The van der Waals surface area contributed by atoms with E-state index < -0.39 is 5.97 Å². The number of ether oxygens (including phenoxy) is 1. The first-order valence-electron chi connectivity index (χ1n) is 7.69. The first-order valence-corrected chi connectivity index (χ1v) is 8.51. The first kappa shape index (κ1) is 18.9. The number of hydrogen-bond donors (Lipinski definition) is 0. The maximum atomic E-state index is 12.6. The Bertz CT molecular complexity index is 1110. The predicted octanol–water partition coefficient (Wildman–Crippen LogP) is 1.03. The van der Waals surface area contributed by atoms with E-state index in [1.54, 1.807) is 37.3 Å². The number of benzene rings is 1. The van der Waals surface area contributed by atoms with Crippen molar-refractivity contribution >= 4 is 29.0 Å². The monoisotopic (exact) mass is 365 g/mol. The summed E-state index contributed by atoms with van der Waals surface area (Å²) in [5, 5.41) is 18.3. The van der Waals surface area contributed by atoms with E-state index in [1.807, 2.05) is 12.1 Å². The van der Waals surface area contributed by atoms with Crippen molar-refractivity contribution in [2.45, 2.75) is 13.5 Å². The van der Waals surface area contributed by atoms with Crippen molar-refractivity contribution in [1.29, 1.82) is 10.5 Å². The number of hydrogen-bond acceptors (Lipinski definition) is 6. The minimum atomic E-state index is -0.797. The van der Waals surface area contributed by atoms with Crippen molar-refractivity contribution < 1.29 is 9.53 Å². The van der Waals surface area contributed by atoms with E-state index in [-0.39, 0.29) is 22.4 Å². The Hall–Kier alpha value is -3.42. The van der Waals surface area contributed by atoms with Crippen molar-refractivity contribution in [3.8, 4) is 12.1 Å². The molecule has 1 aromatic carbocycles. The number of thiazole rings is 1. The van der Waals surface area contributed by atoms with Crippen LogP contribution >= 0.6 is 11.3 Å². The van der Waals surface area contributed by atoms with Crippen molar-refractivity contribution in [3.63, 3.8) is 0 Å². The zero-order chi connectivity index (χ0) is 19.1. The second-order valence-electron chi connectivity index (χ2n) is 5.08. The Kier molecular flexibility index (Phi) is 6.26. The molecule has 6 nitrogen and oxygen atoms in total. The van der Waals surface area contributed by atoms with Crippen molar-refractivity contribution in [2.24, 2.45) is 0 Å². The summed E-state index contributed by atoms with van der Waals surface area (Å²) >= 11 is 1.04. The van der Waals surface area contributed by atoms with Gasteiger partial charge in [0.2, 0.25) is 0 Å². The molecule has 0 aliphatic carbocycles. The van der Waals surface area contributed by atoms with E-state index in [0.29, 0.717) is 22.2 Å². The molecule has 0 saturated carbocycles. The SMILES string of the molecule is C=CCOC(=O)/C(C#N)=c1\sc(=Cc2cccc(C#N)c2)c(=O)n1CC. The summed E-state index contributed by atoms with van der Waals surface area (Å²) in [7, 11) is 0. The molecule has 0 atom stereocenters. The summed E-state index contributed by atoms with van der Waals surface area (Å²) in [6, 6.07) is 10.7. The van der Waals surface area contributed by atoms with Gasteiger partial charge in [-0.15, -0.1) is 11.3 Å². The molecule has 2 aromatic rings. The molecule has 0 amide bonds. The van der Waals surface area contributed by atoms with E-state index in [2.05, 4.69) is 6.58 Å². The zero-order valence-corrected chi connectivity index (χ0v) is 14.9. The van der Waals surface area contributed by atoms with E-state index in [0.717, 1.165) is 11.3 Å². The average molecular weight is 365 g/mol. The molecule has 0 saturated heterocycles. The normalized spacial score (nSPS) is 12.0. The largest absolute Gasteiger partial charge is 0.457 e. The smallest absolute Gasteiger partial charge is 0.352 e. The highest BCUT2D eigenvalue weighted by molar-refractivity contribution is 7.07. The molecule has 0 fully saturated rings. The van der Waals surface area contributed by atoms with E-state index in [1.165, 1.54) is 10.6 Å². The summed E-state index contributed by atoms with van der Waals surface area (Å²) in [5.41, 5.74) is 0.633. The Morgan fingerprint density at radius 1 is 1.42 bits per heavy atom. The molecular weight excluding hydrogens is 350 g/mol. The van der Waals surface area contributed by atoms with Crippen LogP contribution in [0.15, 0.2) is 41.7 Å². The van der Waals surface area contributed by atoms with Gasteiger partial charge in [-0.3, -0.25) is 9.36 Å². The molecule has 1 heterocycles. The van der Waals surface area contributed by atoms with Gasteiger partial charge in [-0.1, -0.05) is 24.8 Å². The third kappa shape index (κ3) is 3.97. The molecule has 0 spiro atoms. The fraction of sp³-hybridized carbons (Fsp3) is 0.158. The molecule has 2 rings (SSSR count).